The minimum absolute atomic E-state index is 0.0373. The molecule has 2 aromatic rings. The van der Waals surface area contributed by atoms with Crippen LogP contribution in [-0.4, -0.2) is 56.8 Å². The van der Waals surface area contributed by atoms with Crippen molar-refractivity contribution in [3.63, 3.8) is 0 Å². The number of likely N-dealkylation sites (N-methyl/N-ethyl adjacent to an activating group) is 1. The number of nitrogens with zero attached hydrogens (tertiary/aromatic N) is 2. The average molecular weight is 423 g/mol. The van der Waals surface area contributed by atoms with Crippen LogP contribution >= 0.6 is 0 Å². The first-order valence-electron chi connectivity index (χ1n) is 9.23. The molecular weight excluding hydrogens is 400 g/mol. The summed E-state index contributed by atoms with van der Waals surface area (Å²) in [7, 11) is -1.78. The van der Waals surface area contributed by atoms with Crippen molar-refractivity contribution in [1.29, 1.82) is 0 Å². The Hall–Kier alpha value is -2.36. The predicted molar refractivity (Wildman–Crippen MR) is 105 cm³/mol. The molecule has 0 radical (unpaired) electrons. The maximum absolute atomic E-state index is 13.9. The molecule has 1 amide bonds. The molecule has 1 aliphatic rings. The molecule has 2 aromatic carbocycles. The number of rotatable bonds is 5. The summed E-state index contributed by atoms with van der Waals surface area (Å²) in [4.78, 5) is 14.7. The summed E-state index contributed by atoms with van der Waals surface area (Å²) >= 11 is 0. The Kier molecular flexibility index (Phi) is 6.30. The van der Waals surface area contributed by atoms with Crippen LogP contribution in [0, 0.1) is 11.6 Å². The summed E-state index contributed by atoms with van der Waals surface area (Å²) in [5.41, 5.74) is 0.288. The number of carbonyl (C=O) groups excluding carboxylic acids is 1. The van der Waals surface area contributed by atoms with Crippen molar-refractivity contribution in [3.05, 3.63) is 65.2 Å². The van der Waals surface area contributed by atoms with Crippen LogP contribution in [0.25, 0.3) is 0 Å². The molecule has 1 atom stereocenters. The predicted octanol–water partition coefficient (Wildman–Crippen LogP) is 2.39. The van der Waals surface area contributed by atoms with E-state index in [2.05, 4.69) is 5.32 Å². The van der Waals surface area contributed by atoms with E-state index >= 15 is 0 Å². The van der Waals surface area contributed by atoms with Crippen LogP contribution in [0.2, 0.25) is 0 Å². The summed E-state index contributed by atoms with van der Waals surface area (Å²) in [6, 6.07) is 8.17. The number of halogens is 2. The molecule has 1 aliphatic heterocycles. The Morgan fingerprint density at radius 2 is 1.76 bits per heavy atom. The first-order valence-corrected chi connectivity index (χ1v) is 10.7. The Labute approximate surface area is 169 Å². The van der Waals surface area contributed by atoms with Gasteiger partial charge in [0.15, 0.2) is 0 Å². The van der Waals surface area contributed by atoms with Gasteiger partial charge in [0.05, 0.1) is 10.9 Å². The summed E-state index contributed by atoms with van der Waals surface area (Å²) in [6.07, 6.45) is 0. The molecule has 9 heteroatoms. The number of nitrogens with one attached hydrogen (secondary N) is 1. The highest BCUT2D eigenvalue weighted by Crippen LogP contribution is 2.21. The van der Waals surface area contributed by atoms with E-state index in [4.69, 9.17) is 0 Å². The zero-order chi connectivity index (χ0) is 21.2. The Morgan fingerprint density at radius 3 is 2.41 bits per heavy atom. The van der Waals surface area contributed by atoms with Crippen LogP contribution in [0.3, 0.4) is 0 Å². The molecule has 1 fully saturated rings. The van der Waals surface area contributed by atoms with Crippen molar-refractivity contribution in [3.8, 4) is 0 Å². The van der Waals surface area contributed by atoms with Crippen molar-refractivity contribution in [2.75, 3.05) is 33.2 Å². The molecule has 0 aromatic heterocycles. The first-order chi connectivity index (χ1) is 13.7. The van der Waals surface area contributed by atoms with Crippen LogP contribution in [0.5, 0.6) is 0 Å². The standard InChI is InChI=1S/C20H23F2N3O3S/c1-14(18-7-6-16(21)13-19(18)22)23-20(26)15-4-3-5-17(12-15)29(27,28)25-10-8-24(2)9-11-25/h3-7,12-14H,8-11H2,1-2H3,(H,23,26). The second kappa shape index (κ2) is 8.56. The van der Waals surface area contributed by atoms with Crippen molar-refractivity contribution >= 4 is 15.9 Å². The zero-order valence-electron chi connectivity index (χ0n) is 16.2. The minimum Gasteiger partial charge on any atom is -0.345 e. The molecule has 1 unspecified atom stereocenters. The van der Waals surface area contributed by atoms with Crippen molar-refractivity contribution < 1.29 is 22.0 Å². The lowest BCUT2D eigenvalue weighted by atomic mass is 10.1. The summed E-state index contributed by atoms with van der Waals surface area (Å²) in [5, 5.41) is 2.62. The molecule has 3 rings (SSSR count). The summed E-state index contributed by atoms with van der Waals surface area (Å²) in [6.45, 7) is 3.62. The SMILES string of the molecule is CC(NC(=O)c1cccc(S(=O)(=O)N2CCN(C)CC2)c1)c1ccc(F)cc1F. The maximum atomic E-state index is 13.9. The van der Waals surface area contributed by atoms with Gasteiger partial charge in [0.25, 0.3) is 5.91 Å². The normalized spacial score (nSPS) is 17.1. The number of piperazine rings is 1. The third-order valence-corrected chi connectivity index (χ3v) is 6.87. The fraction of sp³-hybridized carbons (Fsp3) is 0.350. The smallest absolute Gasteiger partial charge is 0.251 e. The lowest BCUT2D eigenvalue weighted by Gasteiger charge is -2.31. The molecule has 0 saturated carbocycles. The second-order valence-electron chi connectivity index (χ2n) is 7.10. The van der Waals surface area contributed by atoms with Gasteiger partial charge in [0.1, 0.15) is 11.6 Å². The van der Waals surface area contributed by atoms with E-state index in [0.717, 1.165) is 12.1 Å². The monoisotopic (exact) mass is 423 g/mol. The highest BCUT2D eigenvalue weighted by atomic mass is 32.2. The van der Waals surface area contributed by atoms with Crippen LogP contribution in [0.4, 0.5) is 8.78 Å². The van der Waals surface area contributed by atoms with E-state index in [0.29, 0.717) is 26.2 Å². The molecule has 156 valence electrons. The van der Waals surface area contributed by atoms with E-state index in [1.54, 1.807) is 6.92 Å². The van der Waals surface area contributed by atoms with Gasteiger partial charge in [-0.1, -0.05) is 12.1 Å². The Morgan fingerprint density at radius 1 is 1.07 bits per heavy atom. The van der Waals surface area contributed by atoms with Crippen LogP contribution < -0.4 is 5.32 Å². The van der Waals surface area contributed by atoms with Gasteiger partial charge in [-0.2, -0.15) is 4.31 Å². The van der Waals surface area contributed by atoms with Gasteiger partial charge in [-0.3, -0.25) is 4.79 Å². The third kappa shape index (κ3) is 4.80. The minimum atomic E-state index is -3.71. The average Bonchev–Trinajstić information content (AvgIpc) is 2.68. The topological polar surface area (TPSA) is 69.7 Å². The Balaban J connectivity index is 1.77. The molecule has 0 spiro atoms. The fourth-order valence-corrected chi connectivity index (χ4v) is 4.65. The number of benzene rings is 2. The quantitative estimate of drug-likeness (QED) is 0.802. The summed E-state index contributed by atoms with van der Waals surface area (Å²) < 4.78 is 54.2. The van der Waals surface area contributed by atoms with E-state index in [9.17, 15) is 22.0 Å². The van der Waals surface area contributed by atoms with E-state index in [1.165, 1.54) is 34.6 Å². The number of carbonyl (C=O) groups is 1. The maximum Gasteiger partial charge on any atom is 0.251 e. The van der Waals surface area contributed by atoms with Gasteiger partial charge in [-0.05, 0) is 38.2 Å². The van der Waals surface area contributed by atoms with Crippen molar-refractivity contribution in [2.45, 2.75) is 17.9 Å². The lowest BCUT2D eigenvalue weighted by molar-refractivity contribution is 0.0939. The summed E-state index contributed by atoms with van der Waals surface area (Å²) in [5.74, 6) is -2.01. The number of amides is 1. The fourth-order valence-electron chi connectivity index (χ4n) is 3.19. The second-order valence-corrected chi connectivity index (χ2v) is 9.03. The molecule has 29 heavy (non-hydrogen) atoms. The number of hydrogen-bond acceptors (Lipinski definition) is 4. The number of hydrogen-bond donors (Lipinski definition) is 1. The van der Waals surface area contributed by atoms with E-state index in [-0.39, 0.29) is 16.0 Å². The highest BCUT2D eigenvalue weighted by molar-refractivity contribution is 7.89. The van der Waals surface area contributed by atoms with Crippen molar-refractivity contribution in [2.24, 2.45) is 0 Å². The third-order valence-electron chi connectivity index (χ3n) is 4.97. The van der Waals surface area contributed by atoms with Crippen LogP contribution in [0.15, 0.2) is 47.4 Å². The van der Waals surface area contributed by atoms with E-state index < -0.39 is 33.6 Å². The molecule has 0 aliphatic carbocycles. The highest BCUT2D eigenvalue weighted by Gasteiger charge is 2.28. The van der Waals surface area contributed by atoms with E-state index in [1.807, 2.05) is 11.9 Å². The van der Waals surface area contributed by atoms with Crippen LogP contribution in [0.1, 0.15) is 28.9 Å². The molecule has 1 heterocycles. The zero-order valence-corrected chi connectivity index (χ0v) is 17.0. The van der Waals surface area contributed by atoms with Gasteiger partial charge in [0.2, 0.25) is 10.0 Å². The number of sulfonamides is 1. The van der Waals surface area contributed by atoms with Gasteiger partial charge < -0.3 is 10.2 Å². The first kappa shape index (κ1) is 21.4. The van der Waals surface area contributed by atoms with Gasteiger partial charge >= 0.3 is 0 Å². The van der Waals surface area contributed by atoms with Crippen molar-refractivity contribution in [1.82, 2.24) is 14.5 Å². The van der Waals surface area contributed by atoms with Crippen LogP contribution in [-0.2, 0) is 10.0 Å². The van der Waals surface area contributed by atoms with Gasteiger partial charge in [-0.15, -0.1) is 0 Å². The van der Waals surface area contributed by atoms with Gasteiger partial charge in [0, 0.05) is 43.4 Å². The molecule has 1 saturated heterocycles. The molecule has 1 N–H and O–H groups in total. The van der Waals surface area contributed by atoms with Gasteiger partial charge in [-0.25, -0.2) is 17.2 Å². The molecule has 6 nitrogen and oxygen atoms in total. The molecule has 0 bridgehead atoms. The lowest BCUT2D eigenvalue weighted by Crippen LogP contribution is -2.47. The largest absolute Gasteiger partial charge is 0.345 e. The molecular formula is C20H23F2N3O3S. The Bertz CT molecular complexity index is 1010.